The summed E-state index contributed by atoms with van der Waals surface area (Å²) in [6.45, 7) is 4.95. The van der Waals surface area contributed by atoms with Crippen molar-refractivity contribution in [3.05, 3.63) is 35.6 Å². The number of benzene rings is 1. The Morgan fingerprint density at radius 3 is 2.84 bits per heavy atom. The van der Waals surface area contributed by atoms with Gasteiger partial charge in [0, 0.05) is 32.1 Å². The van der Waals surface area contributed by atoms with Crippen LogP contribution in [0.1, 0.15) is 32.3 Å². The molecule has 1 aromatic carbocycles. The van der Waals surface area contributed by atoms with Crippen LogP contribution in [-0.4, -0.2) is 59.0 Å². The number of carbonyl (C=O) groups excluding carboxylic acids is 2. The highest BCUT2D eigenvalue weighted by atomic mass is 19.1. The van der Waals surface area contributed by atoms with E-state index >= 15 is 0 Å². The normalized spacial score (nSPS) is 17.9. The number of likely N-dealkylation sites (tertiary alicyclic amines) is 1. The molecular weight excluding hydrogens is 323 g/mol. The van der Waals surface area contributed by atoms with Crippen LogP contribution in [0.25, 0.3) is 0 Å². The average Bonchev–Trinajstić information content (AvgIpc) is 2.58. The van der Waals surface area contributed by atoms with Crippen LogP contribution in [0.2, 0.25) is 0 Å². The summed E-state index contributed by atoms with van der Waals surface area (Å²) >= 11 is 0. The van der Waals surface area contributed by atoms with Crippen molar-refractivity contribution in [3.63, 3.8) is 0 Å². The lowest BCUT2D eigenvalue weighted by Gasteiger charge is -2.36. The van der Waals surface area contributed by atoms with Crippen molar-refractivity contribution in [2.24, 2.45) is 5.92 Å². The van der Waals surface area contributed by atoms with Gasteiger partial charge in [-0.25, -0.2) is 4.39 Å². The van der Waals surface area contributed by atoms with Gasteiger partial charge in [0.15, 0.2) is 0 Å². The molecule has 1 aliphatic heterocycles. The molecule has 25 heavy (non-hydrogen) atoms. The Bertz CT molecular complexity index is 606. The quantitative estimate of drug-likeness (QED) is 0.816. The van der Waals surface area contributed by atoms with E-state index < -0.39 is 0 Å². The third kappa shape index (κ3) is 5.26. The van der Waals surface area contributed by atoms with Crippen LogP contribution in [0.15, 0.2) is 24.3 Å². The van der Waals surface area contributed by atoms with E-state index in [1.165, 1.54) is 12.1 Å². The molecule has 0 saturated carbocycles. The van der Waals surface area contributed by atoms with Crippen LogP contribution in [0, 0.1) is 11.7 Å². The van der Waals surface area contributed by atoms with Gasteiger partial charge < -0.3 is 14.9 Å². The molecule has 6 heteroatoms. The predicted molar refractivity (Wildman–Crippen MR) is 93.3 cm³/mol. The third-order valence-corrected chi connectivity index (χ3v) is 4.66. The molecule has 0 spiro atoms. The Hall–Kier alpha value is -1.95. The number of halogens is 1. The van der Waals surface area contributed by atoms with Crippen molar-refractivity contribution in [2.45, 2.75) is 39.2 Å². The monoisotopic (exact) mass is 350 g/mol. The molecule has 0 bridgehead atoms. The van der Waals surface area contributed by atoms with Crippen LogP contribution in [0.3, 0.4) is 0 Å². The van der Waals surface area contributed by atoms with Crippen molar-refractivity contribution >= 4 is 11.8 Å². The number of rotatable bonds is 7. The van der Waals surface area contributed by atoms with Gasteiger partial charge in [-0.05, 0) is 44.4 Å². The molecule has 2 rings (SSSR count). The number of aliphatic hydroxyl groups is 1. The number of amides is 2. The van der Waals surface area contributed by atoms with E-state index in [9.17, 15) is 19.1 Å². The summed E-state index contributed by atoms with van der Waals surface area (Å²) in [4.78, 5) is 28.3. The number of carbonyl (C=O) groups is 2. The fraction of sp³-hybridized carbons (Fsp3) is 0.579. The molecule has 1 fully saturated rings. The van der Waals surface area contributed by atoms with Crippen LogP contribution < -0.4 is 0 Å². The van der Waals surface area contributed by atoms with Crippen molar-refractivity contribution in [1.29, 1.82) is 0 Å². The van der Waals surface area contributed by atoms with E-state index in [4.69, 9.17) is 0 Å². The van der Waals surface area contributed by atoms with Gasteiger partial charge in [0.25, 0.3) is 0 Å². The smallest absolute Gasteiger partial charge is 0.227 e. The molecular formula is C19H27FN2O3. The van der Waals surface area contributed by atoms with E-state index in [0.717, 1.165) is 5.56 Å². The molecule has 0 radical (unpaired) electrons. The summed E-state index contributed by atoms with van der Waals surface area (Å²) in [6, 6.07) is 6.37. The summed E-state index contributed by atoms with van der Waals surface area (Å²) in [7, 11) is 0. The van der Waals surface area contributed by atoms with Crippen LogP contribution in [0.4, 0.5) is 4.39 Å². The highest BCUT2D eigenvalue weighted by Gasteiger charge is 2.33. The summed E-state index contributed by atoms with van der Waals surface area (Å²) in [5.41, 5.74) is 0.838. The summed E-state index contributed by atoms with van der Waals surface area (Å²) in [6.07, 6.45) is 1.46. The lowest BCUT2D eigenvalue weighted by molar-refractivity contribution is -0.144. The van der Waals surface area contributed by atoms with Crippen LogP contribution in [-0.2, 0) is 16.0 Å². The topological polar surface area (TPSA) is 60.9 Å². The summed E-state index contributed by atoms with van der Waals surface area (Å²) in [5.74, 6) is -0.489. The molecule has 138 valence electrons. The van der Waals surface area contributed by atoms with Gasteiger partial charge >= 0.3 is 0 Å². The third-order valence-electron chi connectivity index (χ3n) is 4.66. The number of hydrogen-bond donors (Lipinski definition) is 1. The zero-order valence-electron chi connectivity index (χ0n) is 14.9. The number of hydrogen-bond acceptors (Lipinski definition) is 3. The first-order valence-corrected chi connectivity index (χ1v) is 8.86. The summed E-state index contributed by atoms with van der Waals surface area (Å²) < 4.78 is 13.3. The van der Waals surface area contributed by atoms with Gasteiger partial charge in [-0.2, -0.15) is 0 Å². The van der Waals surface area contributed by atoms with Gasteiger partial charge in [0.1, 0.15) is 5.82 Å². The molecule has 1 aliphatic rings. The minimum Gasteiger partial charge on any atom is -0.395 e. The fourth-order valence-corrected chi connectivity index (χ4v) is 3.25. The second-order valence-corrected chi connectivity index (χ2v) is 6.80. The van der Waals surface area contributed by atoms with E-state index in [-0.39, 0.29) is 36.2 Å². The van der Waals surface area contributed by atoms with Crippen molar-refractivity contribution in [3.8, 4) is 0 Å². The second kappa shape index (κ2) is 8.94. The number of nitrogens with zero attached hydrogens (tertiary/aromatic N) is 2. The highest BCUT2D eigenvalue weighted by molar-refractivity contribution is 5.84. The van der Waals surface area contributed by atoms with Crippen molar-refractivity contribution < 1.29 is 19.1 Å². The van der Waals surface area contributed by atoms with Gasteiger partial charge in [-0.3, -0.25) is 9.59 Å². The van der Waals surface area contributed by atoms with E-state index in [1.54, 1.807) is 15.9 Å². The molecule has 0 aromatic heterocycles. The Labute approximate surface area is 148 Å². The first-order chi connectivity index (χ1) is 11.9. The van der Waals surface area contributed by atoms with Gasteiger partial charge in [-0.1, -0.05) is 12.1 Å². The molecule has 1 heterocycles. The predicted octanol–water partition coefficient (Wildman–Crippen LogP) is 1.84. The Balaban J connectivity index is 1.98. The van der Waals surface area contributed by atoms with Crippen LogP contribution in [0.5, 0.6) is 0 Å². The largest absolute Gasteiger partial charge is 0.395 e. The standard InChI is InChI=1S/C19H27FN2O3/c1-14(2)22(10-11-23)19(25)16-6-7-18(24)21(13-16)9-8-15-4-3-5-17(20)12-15/h3-5,12,14,16,23H,6-11,13H2,1-2H3/t16-/m0/s1. The molecule has 1 aromatic rings. The number of aliphatic hydroxyl groups excluding tert-OH is 1. The molecule has 1 N–H and O–H groups in total. The molecule has 1 saturated heterocycles. The van der Waals surface area contributed by atoms with Crippen molar-refractivity contribution in [1.82, 2.24) is 9.80 Å². The lowest BCUT2D eigenvalue weighted by Crippen LogP contribution is -2.49. The minimum atomic E-state index is -0.285. The fourth-order valence-electron chi connectivity index (χ4n) is 3.25. The zero-order chi connectivity index (χ0) is 18.4. The second-order valence-electron chi connectivity index (χ2n) is 6.80. The Morgan fingerprint density at radius 2 is 2.20 bits per heavy atom. The van der Waals surface area contributed by atoms with Crippen LogP contribution >= 0.6 is 0 Å². The average molecular weight is 350 g/mol. The zero-order valence-corrected chi connectivity index (χ0v) is 14.9. The first-order valence-electron chi connectivity index (χ1n) is 8.86. The SMILES string of the molecule is CC(C)N(CCO)C(=O)[C@H]1CCC(=O)N(CCc2cccc(F)c2)C1. The Morgan fingerprint density at radius 1 is 1.44 bits per heavy atom. The molecule has 1 atom stereocenters. The molecule has 0 unspecified atom stereocenters. The maximum absolute atomic E-state index is 13.3. The first kappa shape index (κ1) is 19.4. The maximum atomic E-state index is 13.3. The minimum absolute atomic E-state index is 0.00712. The molecule has 0 aliphatic carbocycles. The highest BCUT2D eigenvalue weighted by Crippen LogP contribution is 2.21. The molecule has 5 nitrogen and oxygen atoms in total. The van der Waals surface area contributed by atoms with E-state index in [1.807, 2.05) is 19.9 Å². The lowest BCUT2D eigenvalue weighted by atomic mass is 9.95. The van der Waals surface area contributed by atoms with Gasteiger partial charge in [0.05, 0.1) is 12.5 Å². The van der Waals surface area contributed by atoms with E-state index in [2.05, 4.69) is 0 Å². The van der Waals surface area contributed by atoms with E-state index in [0.29, 0.717) is 38.9 Å². The number of piperidine rings is 1. The van der Waals surface area contributed by atoms with Gasteiger partial charge in [0.2, 0.25) is 11.8 Å². The van der Waals surface area contributed by atoms with Crippen molar-refractivity contribution in [2.75, 3.05) is 26.2 Å². The molecule has 2 amide bonds. The maximum Gasteiger partial charge on any atom is 0.227 e. The Kier molecular flexibility index (Phi) is 6.93. The summed E-state index contributed by atoms with van der Waals surface area (Å²) in [5, 5.41) is 9.17. The van der Waals surface area contributed by atoms with Gasteiger partial charge in [-0.15, -0.1) is 0 Å².